The molecule has 0 spiro atoms. The van der Waals surface area contributed by atoms with Crippen LogP contribution < -0.4 is 0 Å². The normalized spacial score (nSPS) is 10.7. The Morgan fingerprint density at radius 2 is 2.06 bits per heavy atom. The van der Waals surface area contributed by atoms with Gasteiger partial charge in [-0.25, -0.2) is 4.39 Å². The van der Waals surface area contributed by atoms with E-state index >= 15 is 0 Å². The number of halogens is 4. The van der Waals surface area contributed by atoms with Gasteiger partial charge in [-0.2, -0.15) is 13.2 Å². The Balaban J connectivity index is 2.94. The molecule has 1 nitrogen and oxygen atoms in total. The summed E-state index contributed by atoms with van der Waals surface area (Å²) in [5.74, 6) is 3.45. The molecule has 1 aromatic rings. The highest BCUT2D eigenvalue weighted by Gasteiger charge is 2.34. The van der Waals surface area contributed by atoms with Crippen LogP contribution in [-0.4, -0.2) is 10.9 Å². The van der Waals surface area contributed by atoms with Crippen LogP contribution in [0.25, 0.3) is 0 Å². The molecule has 0 bridgehead atoms. The Morgan fingerprint density at radius 3 is 2.61 bits per heavy atom. The van der Waals surface area contributed by atoms with Crippen LogP contribution in [0.2, 0.25) is 0 Å². The number of thioether (sulfide) groups is 1. The molecule has 0 saturated carbocycles. The van der Waals surface area contributed by atoms with Crippen molar-refractivity contribution in [2.75, 3.05) is 5.75 Å². The van der Waals surface area contributed by atoms with Gasteiger partial charge >= 0.3 is 6.18 Å². The maximum absolute atomic E-state index is 13.5. The van der Waals surface area contributed by atoms with E-state index < -0.39 is 17.6 Å². The maximum atomic E-state index is 13.5. The zero-order chi connectivity index (χ0) is 13.8. The standard InChI is InChI=1S/C12H8F4OS/c1-8(17)18-7-3-5-9-4-2-6-10(11(9)13)12(14,15)16/h2,4,6H,7H2,1H3. The van der Waals surface area contributed by atoms with Gasteiger partial charge in [0.15, 0.2) is 10.9 Å². The molecular weight excluding hydrogens is 268 g/mol. The molecule has 0 aliphatic carbocycles. The summed E-state index contributed by atoms with van der Waals surface area (Å²) < 4.78 is 50.6. The van der Waals surface area contributed by atoms with Gasteiger partial charge in [-0.3, -0.25) is 4.79 Å². The van der Waals surface area contributed by atoms with Crippen molar-refractivity contribution in [1.29, 1.82) is 0 Å². The Hall–Kier alpha value is -1.48. The predicted octanol–water partition coefficient (Wildman–Crippen LogP) is 3.48. The minimum Gasteiger partial charge on any atom is -0.288 e. The molecule has 0 aliphatic heterocycles. The number of carbonyl (C=O) groups excluding carboxylic acids is 1. The van der Waals surface area contributed by atoms with Crippen molar-refractivity contribution in [3.8, 4) is 11.8 Å². The summed E-state index contributed by atoms with van der Waals surface area (Å²) in [6, 6.07) is 2.91. The van der Waals surface area contributed by atoms with Crippen molar-refractivity contribution in [2.24, 2.45) is 0 Å². The van der Waals surface area contributed by atoms with Crippen molar-refractivity contribution in [3.63, 3.8) is 0 Å². The number of rotatable bonds is 1. The van der Waals surface area contributed by atoms with Gasteiger partial charge < -0.3 is 0 Å². The van der Waals surface area contributed by atoms with Crippen molar-refractivity contribution in [2.45, 2.75) is 13.1 Å². The van der Waals surface area contributed by atoms with Gasteiger partial charge in [-0.1, -0.05) is 29.7 Å². The Kier molecular flexibility index (Phi) is 4.79. The lowest BCUT2D eigenvalue weighted by Gasteiger charge is -2.08. The third kappa shape index (κ3) is 4.08. The van der Waals surface area contributed by atoms with Crippen LogP contribution in [-0.2, 0) is 11.0 Å². The molecule has 96 valence electrons. The van der Waals surface area contributed by atoms with E-state index in [0.29, 0.717) is 6.07 Å². The molecule has 0 saturated heterocycles. The molecule has 18 heavy (non-hydrogen) atoms. The Labute approximate surface area is 106 Å². The number of hydrogen-bond donors (Lipinski definition) is 0. The summed E-state index contributed by atoms with van der Waals surface area (Å²) in [5, 5.41) is -0.159. The fraction of sp³-hybridized carbons (Fsp3) is 0.250. The number of carbonyl (C=O) groups is 1. The van der Waals surface area contributed by atoms with E-state index in [0.717, 1.165) is 23.9 Å². The van der Waals surface area contributed by atoms with E-state index in [1.54, 1.807) is 0 Å². The maximum Gasteiger partial charge on any atom is 0.419 e. The van der Waals surface area contributed by atoms with E-state index in [9.17, 15) is 22.4 Å². The lowest BCUT2D eigenvalue weighted by molar-refractivity contribution is -0.140. The van der Waals surface area contributed by atoms with Crippen molar-refractivity contribution >= 4 is 16.9 Å². The SMILES string of the molecule is CC(=O)SCC#Cc1cccc(C(F)(F)F)c1F. The summed E-state index contributed by atoms with van der Waals surface area (Å²) in [7, 11) is 0. The first kappa shape index (κ1) is 14.6. The molecule has 1 aromatic carbocycles. The fourth-order valence-electron chi connectivity index (χ4n) is 1.12. The van der Waals surface area contributed by atoms with Crippen LogP contribution in [0.4, 0.5) is 17.6 Å². The number of benzene rings is 1. The molecule has 0 heterocycles. The van der Waals surface area contributed by atoms with Gasteiger partial charge in [-0.05, 0) is 12.1 Å². The van der Waals surface area contributed by atoms with Crippen LogP contribution in [0.1, 0.15) is 18.1 Å². The quantitative estimate of drug-likeness (QED) is 0.577. The topological polar surface area (TPSA) is 17.1 Å². The van der Waals surface area contributed by atoms with E-state index in [1.165, 1.54) is 6.92 Å². The summed E-state index contributed by atoms with van der Waals surface area (Å²) in [6.07, 6.45) is -4.74. The van der Waals surface area contributed by atoms with E-state index in [4.69, 9.17) is 0 Å². The third-order valence-corrected chi connectivity index (χ3v) is 2.57. The average molecular weight is 276 g/mol. The molecule has 0 N–H and O–H groups in total. The van der Waals surface area contributed by atoms with Crippen LogP contribution in [0.3, 0.4) is 0 Å². The monoisotopic (exact) mass is 276 g/mol. The summed E-state index contributed by atoms with van der Waals surface area (Å²) >= 11 is 0.909. The average Bonchev–Trinajstić information content (AvgIpc) is 2.24. The lowest BCUT2D eigenvalue weighted by Crippen LogP contribution is -2.08. The first-order valence-corrected chi connectivity index (χ1v) is 5.79. The van der Waals surface area contributed by atoms with Crippen molar-refractivity contribution < 1.29 is 22.4 Å². The minimum absolute atomic E-state index is 0.116. The van der Waals surface area contributed by atoms with E-state index in [2.05, 4.69) is 11.8 Å². The van der Waals surface area contributed by atoms with E-state index in [-0.39, 0.29) is 16.4 Å². The predicted molar refractivity (Wildman–Crippen MR) is 61.4 cm³/mol. The Morgan fingerprint density at radius 1 is 1.39 bits per heavy atom. The van der Waals surface area contributed by atoms with Gasteiger partial charge in [0.05, 0.1) is 16.9 Å². The Bertz CT molecular complexity index is 511. The van der Waals surface area contributed by atoms with Crippen LogP contribution >= 0.6 is 11.8 Å². The lowest BCUT2D eigenvalue weighted by atomic mass is 10.1. The summed E-state index contributed by atoms with van der Waals surface area (Å²) in [6.45, 7) is 1.34. The molecule has 0 radical (unpaired) electrons. The van der Waals surface area contributed by atoms with Gasteiger partial charge in [0.1, 0.15) is 0 Å². The molecule has 6 heteroatoms. The van der Waals surface area contributed by atoms with Crippen molar-refractivity contribution in [3.05, 3.63) is 35.1 Å². The minimum atomic E-state index is -4.74. The first-order valence-electron chi connectivity index (χ1n) is 4.80. The second-order valence-electron chi connectivity index (χ2n) is 3.25. The molecule has 0 aromatic heterocycles. The van der Waals surface area contributed by atoms with Crippen molar-refractivity contribution in [1.82, 2.24) is 0 Å². The highest BCUT2D eigenvalue weighted by Crippen LogP contribution is 2.32. The van der Waals surface area contributed by atoms with Gasteiger partial charge in [-0.15, -0.1) is 0 Å². The van der Waals surface area contributed by atoms with Crippen LogP contribution in [0.15, 0.2) is 18.2 Å². The highest BCUT2D eigenvalue weighted by atomic mass is 32.2. The molecule has 0 atom stereocenters. The zero-order valence-corrected chi connectivity index (χ0v) is 10.1. The van der Waals surface area contributed by atoms with E-state index in [1.807, 2.05) is 0 Å². The molecule has 1 rings (SSSR count). The summed E-state index contributed by atoms with van der Waals surface area (Å²) in [5.41, 5.74) is -1.66. The second kappa shape index (κ2) is 5.91. The molecule has 0 aliphatic rings. The number of hydrogen-bond acceptors (Lipinski definition) is 2. The molecule has 0 unspecified atom stereocenters. The van der Waals surface area contributed by atoms with Gasteiger partial charge in [0, 0.05) is 6.92 Å². The molecule has 0 amide bonds. The zero-order valence-electron chi connectivity index (χ0n) is 9.27. The highest BCUT2D eigenvalue weighted by molar-refractivity contribution is 8.13. The third-order valence-electron chi connectivity index (χ3n) is 1.87. The first-order chi connectivity index (χ1) is 8.32. The second-order valence-corrected chi connectivity index (χ2v) is 4.40. The number of alkyl halides is 3. The molecular formula is C12H8F4OS. The smallest absolute Gasteiger partial charge is 0.288 e. The summed E-state index contributed by atoms with van der Waals surface area (Å²) in [4.78, 5) is 10.6. The molecule has 0 fully saturated rings. The van der Waals surface area contributed by atoms with Crippen LogP contribution in [0.5, 0.6) is 0 Å². The van der Waals surface area contributed by atoms with Gasteiger partial charge in [0.2, 0.25) is 0 Å². The van der Waals surface area contributed by atoms with Gasteiger partial charge in [0.25, 0.3) is 0 Å². The largest absolute Gasteiger partial charge is 0.419 e. The van der Waals surface area contributed by atoms with Crippen LogP contribution in [0, 0.1) is 17.7 Å². The fourth-order valence-corrected chi connectivity index (χ4v) is 1.46.